The summed E-state index contributed by atoms with van der Waals surface area (Å²) < 4.78 is 12.6. The minimum Gasteiger partial charge on any atom is -0.395 e. The van der Waals surface area contributed by atoms with Gasteiger partial charge in [0.15, 0.2) is 0 Å². The molecule has 0 amide bonds. The van der Waals surface area contributed by atoms with Crippen molar-refractivity contribution >= 4 is 7.85 Å². The Labute approximate surface area is 84.5 Å². The Morgan fingerprint density at radius 3 is 2.71 bits per heavy atom. The van der Waals surface area contributed by atoms with Gasteiger partial charge in [0.05, 0.1) is 19.4 Å². The Bertz CT molecular complexity index is 253. The second kappa shape index (κ2) is 4.30. The monoisotopic (exact) mass is 198 g/mol. The van der Waals surface area contributed by atoms with Crippen LogP contribution in [0.25, 0.3) is 0 Å². The van der Waals surface area contributed by atoms with Crippen molar-refractivity contribution in [1.82, 2.24) is 0 Å². The molecule has 0 aromatic carbocycles. The van der Waals surface area contributed by atoms with Crippen LogP contribution in [0, 0.1) is 11.3 Å². The first-order chi connectivity index (χ1) is 6.61. The van der Waals surface area contributed by atoms with E-state index in [-0.39, 0.29) is 18.3 Å². The van der Waals surface area contributed by atoms with Gasteiger partial charge >= 0.3 is 0 Å². The van der Waals surface area contributed by atoms with Gasteiger partial charge < -0.3 is 10.2 Å². The van der Waals surface area contributed by atoms with Gasteiger partial charge in [0.1, 0.15) is 7.85 Å². The molecule has 0 spiro atoms. The van der Waals surface area contributed by atoms with Crippen LogP contribution >= 0.6 is 0 Å². The third-order valence-electron chi connectivity index (χ3n) is 3.29. The van der Waals surface area contributed by atoms with E-state index in [1.807, 2.05) is 7.85 Å². The Kier molecular flexibility index (Phi) is 3.54. The molecule has 78 valence electrons. The average Bonchev–Trinajstić information content (AvgIpc) is 2.40. The van der Waals surface area contributed by atoms with E-state index < -0.39 is 18.2 Å². The maximum Gasteiger partial charge on any atom is 0.106 e. The van der Waals surface area contributed by atoms with Crippen LogP contribution in [0.1, 0.15) is 6.42 Å². The largest absolute Gasteiger partial charge is 0.395 e. The summed E-state index contributed by atoms with van der Waals surface area (Å²) in [6.07, 6.45) is 1.33. The van der Waals surface area contributed by atoms with Crippen LogP contribution in [0.3, 0.4) is 0 Å². The summed E-state index contributed by atoms with van der Waals surface area (Å²) in [6.45, 7) is 2.70. The summed E-state index contributed by atoms with van der Waals surface area (Å²) in [7, 11) is 1.89. The highest BCUT2D eigenvalue weighted by atomic mass is 19.1. The Balaban J connectivity index is 2.96. The quantitative estimate of drug-likeness (QED) is 0.498. The number of aliphatic hydroxyl groups is 2. The predicted octanol–water partition coefficient (Wildman–Crippen LogP) is 0.0781. The van der Waals surface area contributed by atoms with E-state index >= 15 is 0 Å². The number of rotatable bonds is 3. The molecule has 0 saturated heterocycles. The number of halogens is 1. The third kappa shape index (κ3) is 1.65. The fourth-order valence-corrected chi connectivity index (χ4v) is 2.40. The zero-order valence-electron chi connectivity index (χ0n) is 8.41. The number of hydrogen-bond acceptors (Lipinski definition) is 2. The molecule has 14 heavy (non-hydrogen) atoms. The van der Waals surface area contributed by atoms with Gasteiger partial charge in [-0.25, -0.2) is 0 Å². The summed E-state index contributed by atoms with van der Waals surface area (Å²) in [6, 6.07) is 0. The fourth-order valence-electron chi connectivity index (χ4n) is 2.40. The maximum absolute atomic E-state index is 12.6. The van der Waals surface area contributed by atoms with Crippen LogP contribution in [0.5, 0.6) is 0 Å². The molecule has 0 heterocycles. The van der Waals surface area contributed by atoms with Crippen molar-refractivity contribution in [2.24, 2.45) is 11.3 Å². The van der Waals surface area contributed by atoms with Crippen molar-refractivity contribution < 1.29 is 14.6 Å². The lowest BCUT2D eigenvalue weighted by Gasteiger charge is -2.27. The van der Waals surface area contributed by atoms with Crippen LogP contribution in [-0.2, 0) is 0 Å². The van der Waals surface area contributed by atoms with Crippen LogP contribution in [0.4, 0.5) is 4.39 Å². The van der Waals surface area contributed by atoms with Crippen LogP contribution in [0.15, 0.2) is 18.4 Å². The van der Waals surface area contributed by atoms with Crippen molar-refractivity contribution in [3.63, 3.8) is 0 Å². The summed E-state index contributed by atoms with van der Waals surface area (Å²) in [5, 5.41) is 19.2. The van der Waals surface area contributed by atoms with Crippen molar-refractivity contribution in [1.29, 1.82) is 0 Å². The lowest BCUT2D eigenvalue weighted by molar-refractivity contribution is 0.0116. The van der Waals surface area contributed by atoms with Crippen LogP contribution in [-0.4, -0.2) is 37.4 Å². The molecule has 1 rings (SSSR count). The molecule has 2 N–H and O–H groups in total. The molecule has 0 aliphatic heterocycles. The van der Waals surface area contributed by atoms with Crippen molar-refractivity contribution in [2.75, 3.05) is 13.3 Å². The smallest absolute Gasteiger partial charge is 0.106 e. The minimum atomic E-state index is -0.832. The van der Waals surface area contributed by atoms with Crippen molar-refractivity contribution in [3.8, 4) is 0 Å². The molecule has 0 radical (unpaired) electrons. The first kappa shape index (κ1) is 11.5. The molecule has 1 aliphatic carbocycles. The molecule has 0 aromatic rings. The van der Waals surface area contributed by atoms with E-state index in [0.717, 1.165) is 0 Å². The van der Waals surface area contributed by atoms with Crippen molar-refractivity contribution in [2.45, 2.75) is 18.3 Å². The Hall–Kier alpha value is -0.565. The topological polar surface area (TPSA) is 40.5 Å². The Morgan fingerprint density at radius 1 is 1.71 bits per heavy atom. The van der Waals surface area contributed by atoms with Crippen LogP contribution in [0.2, 0.25) is 5.82 Å². The first-order valence-electron chi connectivity index (χ1n) is 4.83. The highest BCUT2D eigenvalue weighted by Gasteiger charge is 2.49. The molecule has 2 nitrogen and oxygen atoms in total. The molecule has 0 aromatic heterocycles. The number of hydrogen-bond donors (Lipinski definition) is 2. The van der Waals surface area contributed by atoms with E-state index in [0.29, 0.717) is 6.42 Å². The molecular weight excluding hydrogens is 182 g/mol. The molecule has 1 unspecified atom stereocenters. The van der Waals surface area contributed by atoms with Gasteiger partial charge in [-0.2, -0.15) is 0 Å². The van der Waals surface area contributed by atoms with Gasteiger partial charge in [-0.05, 0) is 12.5 Å². The first-order valence-corrected chi connectivity index (χ1v) is 4.83. The highest BCUT2D eigenvalue weighted by Crippen LogP contribution is 2.48. The zero-order chi connectivity index (χ0) is 10.8. The van der Waals surface area contributed by atoms with Gasteiger partial charge in [0.2, 0.25) is 0 Å². The van der Waals surface area contributed by atoms with E-state index in [1.165, 1.54) is 0 Å². The van der Waals surface area contributed by atoms with E-state index in [2.05, 4.69) is 12.3 Å². The van der Waals surface area contributed by atoms with Gasteiger partial charge in [-0.15, -0.1) is 5.73 Å². The predicted molar refractivity (Wildman–Crippen MR) is 55.6 cm³/mol. The van der Waals surface area contributed by atoms with Gasteiger partial charge in [0.25, 0.3) is 0 Å². The SMILES string of the molecule is B[C@@H]1C[C@](C=C=C)(CO)[C@H](O)C1CF. The maximum atomic E-state index is 12.6. The van der Waals surface area contributed by atoms with Gasteiger partial charge in [0, 0.05) is 11.3 Å². The third-order valence-corrected chi connectivity index (χ3v) is 3.29. The molecule has 4 heteroatoms. The minimum absolute atomic E-state index is 0.0757. The van der Waals surface area contributed by atoms with Gasteiger partial charge in [-0.3, -0.25) is 4.39 Å². The van der Waals surface area contributed by atoms with Crippen LogP contribution < -0.4 is 0 Å². The normalized spacial score (nSPS) is 42.1. The fraction of sp³-hybridized carbons (Fsp3) is 0.700. The lowest BCUT2D eigenvalue weighted by atomic mass is 9.78. The molecule has 4 atom stereocenters. The molecule has 1 aliphatic rings. The molecular formula is C10H16BFO2. The molecule has 1 saturated carbocycles. The van der Waals surface area contributed by atoms with Gasteiger partial charge in [-0.1, -0.05) is 12.4 Å². The summed E-state index contributed by atoms with van der Waals surface area (Å²) in [5.74, 6) is -0.307. The zero-order valence-corrected chi connectivity index (χ0v) is 8.41. The second-order valence-corrected chi connectivity index (χ2v) is 4.18. The van der Waals surface area contributed by atoms with E-state index in [1.54, 1.807) is 6.08 Å². The Morgan fingerprint density at radius 2 is 2.36 bits per heavy atom. The number of aliphatic hydroxyl groups excluding tert-OH is 2. The standard InChI is InChI=1S/C10H16BFO2/c1-2-3-10(6-13)4-8(11)7(5-12)9(10)14/h3,7-9,13-14H,1,4-6,11H2/t7?,8-,9-,10-/m1/s1. The average molecular weight is 198 g/mol. The summed E-state index contributed by atoms with van der Waals surface area (Å²) >= 11 is 0. The van der Waals surface area contributed by atoms with Crippen molar-refractivity contribution in [3.05, 3.63) is 18.4 Å². The van der Waals surface area contributed by atoms with E-state index in [9.17, 15) is 14.6 Å². The summed E-state index contributed by atoms with van der Waals surface area (Å²) in [4.78, 5) is 0. The highest BCUT2D eigenvalue weighted by molar-refractivity contribution is 6.12. The van der Waals surface area contributed by atoms with E-state index in [4.69, 9.17) is 0 Å². The second-order valence-electron chi connectivity index (χ2n) is 4.18. The molecule has 0 bridgehead atoms. The molecule has 1 fully saturated rings. The summed E-state index contributed by atoms with van der Waals surface area (Å²) in [5.41, 5.74) is 1.84. The number of alkyl halides is 1. The lowest BCUT2D eigenvalue weighted by Crippen LogP contribution is -2.35.